The van der Waals surface area contributed by atoms with E-state index in [0.29, 0.717) is 11.3 Å². The first-order valence-corrected chi connectivity index (χ1v) is 4.64. The highest BCUT2D eigenvalue weighted by Crippen LogP contribution is 2.19. The van der Waals surface area contributed by atoms with Crippen molar-refractivity contribution in [2.45, 2.75) is 19.6 Å². The van der Waals surface area contributed by atoms with Crippen molar-refractivity contribution < 1.29 is 9.90 Å². The van der Waals surface area contributed by atoms with E-state index < -0.39 is 5.97 Å². The number of carbonyl (C=O) groups is 1. The van der Waals surface area contributed by atoms with E-state index in [1.54, 1.807) is 6.07 Å². The van der Waals surface area contributed by atoms with Crippen molar-refractivity contribution in [3.8, 4) is 0 Å². The summed E-state index contributed by atoms with van der Waals surface area (Å²) in [5.74, 6) is -0.224. The Labute approximate surface area is 83.0 Å². The Morgan fingerprint density at radius 1 is 1.38 bits per heavy atom. The lowest BCUT2D eigenvalue weighted by Gasteiger charge is -2.08. The molecule has 0 unspecified atom stereocenters. The van der Waals surface area contributed by atoms with Gasteiger partial charge in [0, 0.05) is 5.75 Å². The first kappa shape index (κ1) is 10.1. The molecule has 1 aromatic rings. The minimum Gasteiger partial charge on any atom is -0.478 e. The molecule has 1 N–H and O–H groups in total. The molecule has 1 aromatic carbocycles. The number of hydrogen-bond donors (Lipinski definition) is 2. The highest BCUT2D eigenvalue weighted by atomic mass is 32.1. The molecule has 1 rings (SSSR count). The number of hydrogen-bond acceptors (Lipinski definition) is 2. The minimum absolute atomic E-state index is 0.378. The average molecular weight is 196 g/mol. The van der Waals surface area contributed by atoms with Crippen LogP contribution in [0, 0.1) is 13.8 Å². The van der Waals surface area contributed by atoms with Gasteiger partial charge in [0.05, 0.1) is 5.56 Å². The zero-order chi connectivity index (χ0) is 10.0. The van der Waals surface area contributed by atoms with E-state index in [1.807, 2.05) is 19.9 Å². The highest BCUT2D eigenvalue weighted by Gasteiger charge is 2.10. The smallest absolute Gasteiger partial charge is 0.335 e. The first-order valence-electron chi connectivity index (χ1n) is 4.01. The van der Waals surface area contributed by atoms with Crippen molar-refractivity contribution in [1.82, 2.24) is 0 Å². The summed E-state index contributed by atoms with van der Waals surface area (Å²) in [5, 5.41) is 8.83. The number of carboxylic acids is 1. The maximum Gasteiger partial charge on any atom is 0.335 e. The Kier molecular flexibility index (Phi) is 2.98. The lowest BCUT2D eigenvalue weighted by atomic mass is 9.99. The van der Waals surface area contributed by atoms with Crippen LogP contribution >= 0.6 is 12.6 Å². The average Bonchev–Trinajstić information content (AvgIpc) is 2.09. The molecule has 0 spiro atoms. The topological polar surface area (TPSA) is 37.3 Å². The summed E-state index contributed by atoms with van der Waals surface area (Å²) in [5.41, 5.74) is 3.32. The van der Waals surface area contributed by atoms with Crippen LogP contribution in [0.1, 0.15) is 27.0 Å². The summed E-state index contributed by atoms with van der Waals surface area (Å²) in [6, 6.07) is 3.45. The Morgan fingerprint density at radius 2 is 2.00 bits per heavy atom. The van der Waals surface area contributed by atoms with Crippen molar-refractivity contribution in [2.75, 3.05) is 0 Å². The van der Waals surface area contributed by atoms with E-state index in [9.17, 15) is 4.79 Å². The predicted octanol–water partition coefficient (Wildman–Crippen LogP) is 2.43. The van der Waals surface area contributed by atoms with Gasteiger partial charge >= 0.3 is 5.97 Å². The Hall–Kier alpha value is -0.960. The van der Waals surface area contributed by atoms with Crippen molar-refractivity contribution in [2.24, 2.45) is 0 Å². The number of carboxylic acid groups (broad SMARTS) is 1. The monoisotopic (exact) mass is 196 g/mol. The van der Waals surface area contributed by atoms with Gasteiger partial charge < -0.3 is 5.11 Å². The number of rotatable bonds is 2. The van der Waals surface area contributed by atoms with Crippen LogP contribution in [0.4, 0.5) is 0 Å². The fraction of sp³-hybridized carbons (Fsp3) is 0.300. The summed E-state index contributed by atoms with van der Waals surface area (Å²) in [6.45, 7) is 3.75. The summed E-state index contributed by atoms with van der Waals surface area (Å²) >= 11 is 4.17. The molecule has 0 atom stereocenters. The molecule has 0 bridgehead atoms. The van der Waals surface area contributed by atoms with Gasteiger partial charge in [0.25, 0.3) is 0 Å². The van der Waals surface area contributed by atoms with Crippen LogP contribution in [0.15, 0.2) is 12.1 Å². The van der Waals surface area contributed by atoms with Crippen LogP contribution in [0.2, 0.25) is 0 Å². The Morgan fingerprint density at radius 3 is 2.46 bits per heavy atom. The van der Waals surface area contributed by atoms with Gasteiger partial charge in [-0.1, -0.05) is 6.07 Å². The van der Waals surface area contributed by atoms with Gasteiger partial charge in [0.15, 0.2) is 0 Å². The maximum absolute atomic E-state index is 10.8. The maximum atomic E-state index is 10.8. The quantitative estimate of drug-likeness (QED) is 0.713. The summed E-state index contributed by atoms with van der Waals surface area (Å²) in [6.07, 6.45) is 0. The molecule has 0 saturated heterocycles. The SMILES string of the molecule is Cc1c(CS)ccc(C(=O)O)c1C. The standard InChI is InChI=1S/C10H12O2S/c1-6-7(2)9(10(11)12)4-3-8(6)5-13/h3-4,13H,5H2,1-2H3,(H,11,12). The van der Waals surface area contributed by atoms with E-state index in [4.69, 9.17) is 5.11 Å². The molecule has 70 valence electrons. The number of aromatic carboxylic acids is 1. The second-order valence-corrected chi connectivity index (χ2v) is 3.30. The third kappa shape index (κ3) is 1.86. The second-order valence-electron chi connectivity index (χ2n) is 2.99. The molecular weight excluding hydrogens is 184 g/mol. The molecule has 0 aliphatic rings. The molecular formula is C10H12O2S. The van der Waals surface area contributed by atoms with Crippen molar-refractivity contribution >= 4 is 18.6 Å². The van der Waals surface area contributed by atoms with Gasteiger partial charge in [-0.3, -0.25) is 0 Å². The molecule has 2 nitrogen and oxygen atoms in total. The van der Waals surface area contributed by atoms with E-state index in [2.05, 4.69) is 12.6 Å². The van der Waals surface area contributed by atoms with Crippen molar-refractivity contribution in [3.05, 3.63) is 34.4 Å². The fourth-order valence-corrected chi connectivity index (χ4v) is 1.62. The molecule has 0 heterocycles. The second kappa shape index (κ2) is 3.83. The zero-order valence-electron chi connectivity index (χ0n) is 7.66. The molecule has 0 radical (unpaired) electrons. The minimum atomic E-state index is -0.869. The Balaban J connectivity index is 3.31. The summed E-state index contributed by atoms with van der Waals surface area (Å²) in [7, 11) is 0. The largest absolute Gasteiger partial charge is 0.478 e. The number of thiol groups is 1. The van der Waals surface area contributed by atoms with Gasteiger partial charge in [-0.25, -0.2) is 4.79 Å². The number of benzene rings is 1. The first-order chi connectivity index (χ1) is 6.07. The molecule has 0 aromatic heterocycles. The molecule has 0 amide bonds. The molecule has 13 heavy (non-hydrogen) atoms. The van der Waals surface area contributed by atoms with Crippen LogP contribution < -0.4 is 0 Å². The van der Waals surface area contributed by atoms with Gasteiger partial charge in [-0.05, 0) is 36.6 Å². The normalized spacial score (nSPS) is 10.1. The molecule has 0 aliphatic heterocycles. The van der Waals surface area contributed by atoms with Crippen LogP contribution in [0.3, 0.4) is 0 Å². The van der Waals surface area contributed by atoms with Crippen LogP contribution in [0.25, 0.3) is 0 Å². The summed E-state index contributed by atoms with van der Waals surface area (Å²) < 4.78 is 0. The third-order valence-corrected chi connectivity index (χ3v) is 2.64. The lowest BCUT2D eigenvalue weighted by Crippen LogP contribution is -2.02. The third-order valence-electron chi connectivity index (χ3n) is 2.30. The van der Waals surface area contributed by atoms with Gasteiger partial charge in [0.2, 0.25) is 0 Å². The van der Waals surface area contributed by atoms with Gasteiger partial charge in [-0.2, -0.15) is 12.6 Å². The summed E-state index contributed by atoms with van der Waals surface area (Å²) in [4.78, 5) is 10.8. The van der Waals surface area contributed by atoms with Gasteiger partial charge in [0.1, 0.15) is 0 Å². The van der Waals surface area contributed by atoms with E-state index in [1.165, 1.54) is 0 Å². The molecule has 0 aliphatic carbocycles. The Bertz CT molecular complexity index is 345. The van der Waals surface area contributed by atoms with Crippen LogP contribution in [0.5, 0.6) is 0 Å². The van der Waals surface area contributed by atoms with Crippen LogP contribution in [-0.2, 0) is 5.75 Å². The highest BCUT2D eigenvalue weighted by molar-refractivity contribution is 7.79. The van der Waals surface area contributed by atoms with E-state index in [0.717, 1.165) is 16.7 Å². The predicted molar refractivity (Wildman–Crippen MR) is 55.6 cm³/mol. The van der Waals surface area contributed by atoms with Crippen molar-refractivity contribution in [3.63, 3.8) is 0 Å². The van der Waals surface area contributed by atoms with Crippen molar-refractivity contribution in [1.29, 1.82) is 0 Å². The fourth-order valence-electron chi connectivity index (χ4n) is 1.28. The molecule has 3 heteroatoms. The van der Waals surface area contributed by atoms with Crippen LogP contribution in [-0.4, -0.2) is 11.1 Å². The lowest BCUT2D eigenvalue weighted by molar-refractivity contribution is 0.0696. The zero-order valence-corrected chi connectivity index (χ0v) is 8.56. The van der Waals surface area contributed by atoms with E-state index >= 15 is 0 Å². The molecule has 0 saturated carbocycles. The van der Waals surface area contributed by atoms with E-state index in [-0.39, 0.29) is 0 Å². The van der Waals surface area contributed by atoms with Gasteiger partial charge in [-0.15, -0.1) is 0 Å². The molecule has 0 fully saturated rings.